The Hall–Kier alpha value is -2.96. The normalized spacial score (nSPS) is 21.4. The number of nitrogens with one attached hydrogen (secondary N) is 2. The van der Waals surface area contributed by atoms with Crippen molar-refractivity contribution in [2.75, 3.05) is 31.6 Å². The molecular formula is C25H24ClN3O6S2. The Morgan fingerprint density at radius 1 is 1.08 bits per heavy atom. The first-order valence-electron chi connectivity index (χ1n) is 11.5. The summed E-state index contributed by atoms with van der Waals surface area (Å²) in [7, 11) is -4.11. The molecule has 1 aliphatic heterocycles. The Balaban J connectivity index is 1.32. The summed E-state index contributed by atoms with van der Waals surface area (Å²) >= 11 is 6.99. The highest BCUT2D eigenvalue weighted by Gasteiger charge is 2.63. The smallest absolute Gasteiger partial charge is 0.325 e. The van der Waals surface area contributed by atoms with Crippen molar-refractivity contribution in [1.82, 2.24) is 9.62 Å². The first-order chi connectivity index (χ1) is 17.7. The van der Waals surface area contributed by atoms with E-state index in [0.29, 0.717) is 42.6 Å². The third-order valence-corrected chi connectivity index (χ3v) is 9.86. The fourth-order valence-electron chi connectivity index (χ4n) is 4.38. The number of nitrogens with zero attached hydrogens (tertiary/aromatic N) is 1. The largest absolute Gasteiger partial charge is 0.480 e. The van der Waals surface area contributed by atoms with Gasteiger partial charge in [-0.25, -0.2) is 13.2 Å². The van der Waals surface area contributed by atoms with E-state index in [9.17, 15) is 23.1 Å². The molecule has 2 atom stereocenters. The quantitative estimate of drug-likeness (QED) is 0.396. The summed E-state index contributed by atoms with van der Waals surface area (Å²) in [5, 5.41) is 13.4. The Bertz CT molecular complexity index is 1440. The second-order valence-corrected chi connectivity index (χ2v) is 12.3. The molecule has 0 unspecified atom stereocenters. The number of amides is 2. The third-order valence-electron chi connectivity index (χ3n) is 6.47. The van der Waals surface area contributed by atoms with E-state index in [2.05, 4.69) is 10.0 Å². The molecule has 5 rings (SSSR count). The molecule has 2 heterocycles. The summed E-state index contributed by atoms with van der Waals surface area (Å²) in [5.74, 6) is -1.84. The number of sulfonamides is 1. The molecule has 1 aromatic heterocycles. The van der Waals surface area contributed by atoms with Gasteiger partial charge in [0.05, 0.1) is 13.2 Å². The zero-order valence-electron chi connectivity index (χ0n) is 19.5. The number of benzene rings is 2. The van der Waals surface area contributed by atoms with Crippen LogP contribution < -0.4 is 10.0 Å². The van der Waals surface area contributed by atoms with Crippen molar-refractivity contribution in [3.8, 4) is 10.4 Å². The van der Waals surface area contributed by atoms with Gasteiger partial charge in [0.25, 0.3) is 10.0 Å². The van der Waals surface area contributed by atoms with Crippen LogP contribution in [0.1, 0.15) is 17.9 Å². The van der Waals surface area contributed by atoms with E-state index in [-0.39, 0.29) is 16.7 Å². The molecule has 1 saturated carbocycles. The predicted octanol–water partition coefficient (Wildman–Crippen LogP) is 4.22. The maximum Gasteiger partial charge on any atom is 0.325 e. The van der Waals surface area contributed by atoms with Gasteiger partial charge in [0.2, 0.25) is 0 Å². The van der Waals surface area contributed by atoms with Crippen molar-refractivity contribution in [2.45, 2.75) is 22.1 Å². The number of ether oxygens (including phenoxy) is 1. The second-order valence-electron chi connectivity index (χ2n) is 8.92. The van der Waals surface area contributed by atoms with Gasteiger partial charge in [-0.3, -0.25) is 4.79 Å². The van der Waals surface area contributed by atoms with Crippen LogP contribution in [0, 0.1) is 0 Å². The SMILES string of the molecule is O=C(Nc1cccc([C@@H]2C[C@]2(NS(=O)(=O)c2ccc(-c3ccc(Cl)cc3)s2)C(=O)O)c1)N1CCOCC1. The molecule has 3 N–H and O–H groups in total. The fraction of sp³-hybridized carbons (Fsp3) is 0.280. The zero-order valence-corrected chi connectivity index (χ0v) is 21.9. The van der Waals surface area contributed by atoms with E-state index < -0.39 is 27.4 Å². The van der Waals surface area contributed by atoms with Gasteiger partial charge in [0.1, 0.15) is 9.75 Å². The number of carboxylic acids is 1. The monoisotopic (exact) mass is 561 g/mol. The van der Waals surface area contributed by atoms with Gasteiger partial charge >= 0.3 is 12.0 Å². The lowest BCUT2D eigenvalue weighted by Crippen LogP contribution is -2.44. The first kappa shape index (κ1) is 25.7. The molecule has 2 aliphatic rings. The summed E-state index contributed by atoms with van der Waals surface area (Å²) in [6.45, 7) is 1.92. The van der Waals surface area contributed by atoms with Gasteiger partial charge in [-0.15, -0.1) is 11.3 Å². The van der Waals surface area contributed by atoms with Crippen LogP contribution in [-0.4, -0.2) is 62.3 Å². The number of hydrogen-bond acceptors (Lipinski definition) is 6. The van der Waals surface area contributed by atoms with Crippen LogP contribution in [0.3, 0.4) is 0 Å². The fourth-order valence-corrected chi connectivity index (χ4v) is 7.23. The molecule has 1 aliphatic carbocycles. The van der Waals surface area contributed by atoms with Crippen molar-refractivity contribution in [1.29, 1.82) is 0 Å². The van der Waals surface area contributed by atoms with E-state index in [4.69, 9.17) is 16.3 Å². The van der Waals surface area contributed by atoms with Crippen molar-refractivity contribution in [3.63, 3.8) is 0 Å². The van der Waals surface area contributed by atoms with E-state index in [1.54, 1.807) is 59.5 Å². The molecular weight excluding hydrogens is 538 g/mol. The van der Waals surface area contributed by atoms with Crippen LogP contribution in [0.15, 0.2) is 64.9 Å². The average Bonchev–Trinajstić information content (AvgIpc) is 3.38. The van der Waals surface area contributed by atoms with Gasteiger partial charge in [-0.2, -0.15) is 4.72 Å². The van der Waals surface area contributed by atoms with Crippen LogP contribution in [0.2, 0.25) is 5.02 Å². The molecule has 194 valence electrons. The molecule has 0 bridgehead atoms. The van der Waals surface area contributed by atoms with Crippen LogP contribution in [-0.2, 0) is 19.6 Å². The van der Waals surface area contributed by atoms with Crippen molar-refractivity contribution in [2.24, 2.45) is 0 Å². The first-order valence-corrected chi connectivity index (χ1v) is 14.2. The van der Waals surface area contributed by atoms with Gasteiger partial charge in [0.15, 0.2) is 0 Å². The molecule has 12 heteroatoms. The molecule has 37 heavy (non-hydrogen) atoms. The average molecular weight is 562 g/mol. The van der Waals surface area contributed by atoms with Crippen LogP contribution in [0.5, 0.6) is 0 Å². The standard InChI is InChI=1S/C25H24ClN3O6S2/c26-18-6-4-16(5-7-18)21-8-9-22(36-21)37(33,34)28-25(23(30)31)15-20(25)17-2-1-3-19(14-17)27-24(32)29-10-12-35-13-11-29/h1-9,14,20,28H,10-13,15H2,(H,27,32)(H,30,31)/t20-,25+/m0/s1. The number of carbonyl (C=O) groups excluding carboxylic acids is 1. The molecule has 2 amide bonds. The highest BCUT2D eigenvalue weighted by atomic mass is 35.5. The molecule has 2 fully saturated rings. The summed E-state index contributed by atoms with van der Waals surface area (Å²) in [6, 6.07) is 16.7. The molecule has 9 nitrogen and oxygen atoms in total. The summed E-state index contributed by atoms with van der Waals surface area (Å²) in [6.07, 6.45) is 0.0951. The highest BCUT2D eigenvalue weighted by molar-refractivity contribution is 7.91. The Kier molecular flexibility index (Phi) is 6.99. The molecule has 0 radical (unpaired) electrons. The number of rotatable bonds is 7. The zero-order chi connectivity index (χ0) is 26.2. The number of hydrogen-bond donors (Lipinski definition) is 3. The lowest BCUT2D eigenvalue weighted by Gasteiger charge is -2.27. The van der Waals surface area contributed by atoms with Gasteiger partial charge in [0, 0.05) is 34.6 Å². The van der Waals surface area contributed by atoms with E-state index in [1.165, 1.54) is 6.07 Å². The number of halogens is 1. The Morgan fingerprint density at radius 2 is 1.81 bits per heavy atom. The predicted molar refractivity (Wildman–Crippen MR) is 141 cm³/mol. The number of anilines is 1. The van der Waals surface area contributed by atoms with Gasteiger partial charge < -0.3 is 20.1 Å². The number of thiophene rings is 1. The van der Waals surface area contributed by atoms with Crippen LogP contribution in [0.4, 0.5) is 10.5 Å². The van der Waals surface area contributed by atoms with Gasteiger partial charge in [-0.1, -0.05) is 35.9 Å². The maximum absolute atomic E-state index is 13.2. The number of morpholine rings is 1. The Morgan fingerprint density at radius 3 is 2.51 bits per heavy atom. The number of carboxylic acid groups (broad SMARTS) is 1. The third kappa shape index (κ3) is 5.36. The number of aliphatic carboxylic acids is 1. The van der Waals surface area contributed by atoms with Crippen molar-refractivity contribution < 1.29 is 27.9 Å². The summed E-state index contributed by atoms with van der Waals surface area (Å²) in [5.41, 5.74) is 0.270. The highest BCUT2D eigenvalue weighted by Crippen LogP contribution is 2.53. The Labute approximate surface area is 223 Å². The van der Waals surface area contributed by atoms with E-state index in [0.717, 1.165) is 21.8 Å². The lowest BCUT2D eigenvalue weighted by molar-refractivity contribution is -0.140. The molecule has 0 spiro atoms. The molecule has 1 saturated heterocycles. The van der Waals surface area contributed by atoms with Crippen LogP contribution in [0.25, 0.3) is 10.4 Å². The molecule has 3 aromatic rings. The van der Waals surface area contributed by atoms with E-state index >= 15 is 0 Å². The lowest BCUT2D eigenvalue weighted by atomic mass is 10.1. The second kappa shape index (κ2) is 10.1. The van der Waals surface area contributed by atoms with E-state index in [1.807, 2.05) is 0 Å². The number of carbonyl (C=O) groups is 2. The van der Waals surface area contributed by atoms with Gasteiger partial charge in [-0.05, 0) is 53.9 Å². The number of urea groups is 1. The minimum atomic E-state index is -4.11. The summed E-state index contributed by atoms with van der Waals surface area (Å²) in [4.78, 5) is 27.2. The van der Waals surface area contributed by atoms with Crippen molar-refractivity contribution >= 4 is 50.6 Å². The minimum Gasteiger partial charge on any atom is -0.480 e. The van der Waals surface area contributed by atoms with Crippen molar-refractivity contribution in [3.05, 3.63) is 71.2 Å². The topological polar surface area (TPSA) is 125 Å². The summed E-state index contributed by atoms with van der Waals surface area (Å²) < 4.78 is 34.1. The molecule has 2 aromatic carbocycles. The van der Waals surface area contributed by atoms with Crippen LogP contribution >= 0.6 is 22.9 Å². The minimum absolute atomic E-state index is 0.0234. The maximum atomic E-state index is 13.2.